The van der Waals surface area contributed by atoms with Crippen molar-refractivity contribution in [1.29, 1.82) is 5.26 Å². The molecule has 0 aromatic heterocycles. The lowest BCUT2D eigenvalue weighted by molar-refractivity contribution is -0.145. The molecule has 0 radical (unpaired) electrons. The summed E-state index contributed by atoms with van der Waals surface area (Å²) in [7, 11) is 5.55. The smallest absolute Gasteiger partial charge is 0.254 e. The van der Waals surface area contributed by atoms with Crippen molar-refractivity contribution in [2.24, 2.45) is 0 Å². The van der Waals surface area contributed by atoms with Gasteiger partial charge in [0.25, 0.3) is 5.91 Å². The third-order valence-electron chi connectivity index (χ3n) is 9.47. The van der Waals surface area contributed by atoms with E-state index in [2.05, 4.69) is 15.9 Å². The quantitative estimate of drug-likeness (QED) is 0.277. The Labute approximate surface area is 270 Å². The van der Waals surface area contributed by atoms with E-state index in [1.165, 1.54) is 0 Å². The summed E-state index contributed by atoms with van der Waals surface area (Å²) in [5.74, 6) is 0.109. The average molecular weight is 635 g/mol. The van der Waals surface area contributed by atoms with Crippen molar-refractivity contribution < 1.29 is 9.59 Å². The van der Waals surface area contributed by atoms with Gasteiger partial charge in [-0.3, -0.25) is 14.5 Å². The molecule has 0 aliphatic carbocycles. The Morgan fingerprint density at radius 3 is 2.32 bits per heavy atom. The van der Waals surface area contributed by atoms with Gasteiger partial charge in [0.1, 0.15) is 5.54 Å². The average Bonchev–Trinajstić information content (AvgIpc) is 3.59. The van der Waals surface area contributed by atoms with Gasteiger partial charge in [0.05, 0.1) is 21.7 Å². The van der Waals surface area contributed by atoms with Crippen LogP contribution in [-0.2, 0) is 4.79 Å². The Kier molecular flexibility index (Phi) is 10.2. The van der Waals surface area contributed by atoms with Crippen molar-refractivity contribution in [2.75, 3.05) is 60.4 Å². The van der Waals surface area contributed by atoms with Gasteiger partial charge in [-0.25, -0.2) is 0 Å². The first kappa shape index (κ1) is 32.2. The molecular weight excluding hydrogens is 593 g/mol. The van der Waals surface area contributed by atoms with Crippen molar-refractivity contribution in [3.8, 4) is 6.07 Å². The van der Waals surface area contributed by atoms with Crippen LogP contribution in [0.5, 0.6) is 0 Å². The number of fused-ring (bicyclic) bond motifs is 1. The molecular formula is C35H41Cl2N5O2. The van der Waals surface area contributed by atoms with Crippen molar-refractivity contribution in [3.05, 3.63) is 81.3 Å². The minimum atomic E-state index is -0.410. The zero-order chi connectivity index (χ0) is 31.4. The summed E-state index contributed by atoms with van der Waals surface area (Å²) in [6.07, 6.45) is 4.76. The van der Waals surface area contributed by atoms with E-state index >= 15 is 0 Å². The summed E-state index contributed by atoms with van der Waals surface area (Å²) in [5, 5.41) is 12.3. The number of nitrogens with zero attached hydrogens (tertiary/aromatic N) is 5. The van der Waals surface area contributed by atoms with Crippen molar-refractivity contribution >= 4 is 45.8 Å². The maximum atomic E-state index is 13.9. The van der Waals surface area contributed by atoms with Gasteiger partial charge >= 0.3 is 0 Å². The lowest BCUT2D eigenvalue weighted by atomic mass is 9.84. The Balaban J connectivity index is 1.33. The van der Waals surface area contributed by atoms with Crippen molar-refractivity contribution in [2.45, 2.75) is 43.6 Å². The van der Waals surface area contributed by atoms with Crippen LogP contribution in [-0.4, -0.2) is 97.4 Å². The number of carbonyl (C=O) groups is 2. The molecule has 2 heterocycles. The lowest BCUT2D eigenvalue weighted by Crippen LogP contribution is -2.62. The molecule has 232 valence electrons. The molecule has 2 amide bonds. The Morgan fingerprint density at radius 1 is 0.955 bits per heavy atom. The predicted molar refractivity (Wildman–Crippen MR) is 177 cm³/mol. The predicted octanol–water partition coefficient (Wildman–Crippen LogP) is 6.28. The maximum absolute atomic E-state index is 13.9. The highest BCUT2D eigenvalue weighted by atomic mass is 35.5. The summed E-state index contributed by atoms with van der Waals surface area (Å²) in [6, 6.07) is 19.1. The molecule has 0 spiro atoms. The topological polar surface area (TPSA) is 70.9 Å². The summed E-state index contributed by atoms with van der Waals surface area (Å²) in [6.45, 7) is 5.01. The van der Waals surface area contributed by atoms with Gasteiger partial charge in [-0.15, -0.1) is 0 Å². The summed E-state index contributed by atoms with van der Waals surface area (Å²) >= 11 is 12.7. The summed E-state index contributed by atoms with van der Waals surface area (Å²) in [5.41, 5.74) is 1.60. The molecule has 0 N–H and O–H groups in total. The van der Waals surface area contributed by atoms with E-state index in [1.807, 2.05) is 69.7 Å². The van der Waals surface area contributed by atoms with E-state index in [0.717, 1.165) is 81.2 Å². The first-order chi connectivity index (χ1) is 21.1. The van der Waals surface area contributed by atoms with Gasteiger partial charge in [0.2, 0.25) is 5.91 Å². The molecule has 5 rings (SSSR count). The zero-order valence-corrected chi connectivity index (χ0v) is 27.4. The van der Waals surface area contributed by atoms with Crippen LogP contribution in [0.15, 0.2) is 54.6 Å². The zero-order valence-electron chi connectivity index (χ0n) is 25.9. The fourth-order valence-corrected chi connectivity index (χ4v) is 7.32. The number of likely N-dealkylation sites (tertiary alicyclic amines) is 2. The van der Waals surface area contributed by atoms with Crippen LogP contribution in [0.4, 0.5) is 0 Å². The molecule has 7 nitrogen and oxygen atoms in total. The molecule has 2 saturated heterocycles. The maximum Gasteiger partial charge on any atom is 0.254 e. The first-order valence-corrected chi connectivity index (χ1v) is 16.2. The Bertz CT molecular complexity index is 1550. The van der Waals surface area contributed by atoms with Gasteiger partial charge in [0.15, 0.2) is 0 Å². The van der Waals surface area contributed by atoms with Gasteiger partial charge in [-0.1, -0.05) is 53.5 Å². The van der Waals surface area contributed by atoms with E-state index in [-0.39, 0.29) is 17.7 Å². The molecule has 44 heavy (non-hydrogen) atoms. The number of halogens is 2. The third-order valence-corrected chi connectivity index (χ3v) is 10.2. The number of nitriles is 1. The van der Waals surface area contributed by atoms with Crippen LogP contribution in [0.2, 0.25) is 10.0 Å². The molecule has 0 bridgehead atoms. The standard InChI is InChI=1S/C35H41Cl2N5O2/c1-39(2)34(44)35(42-15-6-7-16-42)13-18-41(19-14-35)17-12-28(26-10-11-31(36)32(37)22-26)24-40(3)33(43)30-21-25(23-38)20-27-8-4-5-9-29(27)30/h4-5,8-11,20-22,28H,6-7,12-19,24H2,1-3H3. The fraction of sp³-hybridized carbons (Fsp3) is 0.457. The number of carbonyl (C=O) groups excluding carboxylic acids is 2. The normalized spacial score (nSPS) is 17.7. The highest BCUT2D eigenvalue weighted by Crippen LogP contribution is 2.35. The van der Waals surface area contributed by atoms with Crippen LogP contribution in [0.3, 0.4) is 0 Å². The second-order valence-corrected chi connectivity index (χ2v) is 13.3. The van der Waals surface area contributed by atoms with Crippen LogP contribution >= 0.6 is 23.2 Å². The Morgan fingerprint density at radius 2 is 1.66 bits per heavy atom. The first-order valence-electron chi connectivity index (χ1n) is 15.5. The highest BCUT2D eigenvalue weighted by Gasteiger charge is 2.47. The number of benzene rings is 3. The van der Waals surface area contributed by atoms with Crippen LogP contribution in [0.25, 0.3) is 10.8 Å². The minimum Gasteiger partial charge on any atom is -0.347 e. The fourth-order valence-electron chi connectivity index (χ4n) is 7.01. The van der Waals surface area contributed by atoms with Gasteiger partial charge in [0, 0.05) is 52.3 Å². The number of piperidine rings is 1. The molecule has 2 aliphatic rings. The van der Waals surface area contributed by atoms with E-state index in [0.29, 0.717) is 27.7 Å². The van der Waals surface area contributed by atoms with E-state index < -0.39 is 5.54 Å². The number of hydrogen-bond donors (Lipinski definition) is 0. The highest BCUT2D eigenvalue weighted by molar-refractivity contribution is 6.42. The molecule has 1 atom stereocenters. The molecule has 3 aromatic rings. The third kappa shape index (κ3) is 6.74. The van der Waals surface area contributed by atoms with Gasteiger partial charge in [-0.05, 0) is 92.3 Å². The van der Waals surface area contributed by atoms with E-state index in [1.54, 1.807) is 15.9 Å². The molecule has 0 saturated carbocycles. The van der Waals surface area contributed by atoms with Crippen LogP contribution in [0.1, 0.15) is 59.5 Å². The van der Waals surface area contributed by atoms with E-state index in [9.17, 15) is 14.9 Å². The van der Waals surface area contributed by atoms with Gasteiger partial charge in [-0.2, -0.15) is 5.26 Å². The minimum absolute atomic E-state index is 0.0119. The number of rotatable bonds is 9. The summed E-state index contributed by atoms with van der Waals surface area (Å²) < 4.78 is 0. The number of hydrogen-bond acceptors (Lipinski definition) is 5. The largest absolute Gasteiger partial charge is 0.347 e. The monoisotopic (exact) mass is 633 g/mol. The van der Waals surface area contributed by atoms with Crippen molar-refractivity contribution in [1.82, 2.24) is 19.6 Å². The van der Waals surface area contributed by atoms with Crippen LogP contribution < -0.4 is 0 Å². The Hall–Kier alpha value is -3.15. The number of amides is 2. The van der Waals surface area contributed by atoms with Crippen molar-refractivity contribution in [3.63, 3.8) is 0 Å². The summed E-state index contributed by atoms with van der Waals surface area (Å²) in [4.78, 5) is 35.7. The SMILES string of the molecule is CN(C)C(=O)C1(N2CCCC2)CCN(CCC(CN(C)C(=O)c2cc(C#N)cc3ccccc23)c2ccc(Cl)c(Cl)c2)CC1. The lowest BCUT2D eigenvalue weighted by Gasteiger charge is -2.47. The molecule has 2 aliphatic heterocycles. The number of likely N-dealkylation sites (N-methyl/N-ethyl adjacent to an activating group) is 2. The molecule has 1 unspecified atom stereocenters. The molecule has 9 heteroatoms. The molecule has 2 fully saturated rings. The van der Waals surface area contributed by atoms with Crippen LogP contribution in [0, 0.1) is 11.3 Å². The second-order valence-electron chi connectivity index (χ2n) is 12.5. The van der Waals surface area contributed by atoms with E-state index in [4.69, 9.17) is 23.2 Å². The van der Waals surface area contributed by atoms with Gasteiger partial charge < -0.3 is 14.7 Å². The second kappa shape index (κ2) is 13.9. The molecule has 3 aromatic carbocycles.